The van der Waals surface area contributed by atoms with Gasteiger partial charge >= 0.3 is 0 Å². The molecule has 2 rings (SSSR count). The molecule has 1 aromatic rings. The highest BCUT2D eigenvalue weighted by Gasteiger charge is 2.29. The van der Waals surface area contributed by atoms with Gasteiger partial charge in [0.05, 0.1) is 5.56 Å². The van der Waals surface area contributed by atoms with Gasteiger partial charge in [0, 0.05) is 38.2 Å². The minimum absolute atomic E-state index is 0.0106. The molecule has 24 heavy (non-hydrogen) atoms. The van der Waals surface area contributed by atoms with Crippen LogP contribution in [0.2, 0.25) is 0 Å². The molecule has 1 aromatic heterocycles. The van der Waals surface area contributed by atoms with E-state index in [1.807, 2.05) is 17.0 Å². The van der Waals surface area contributed by atoms with Crippen LogP contribution in [0.1, 0.15) is 56.8 Å². The molecule has 5 nitrogen and oxygen atoms in total. The molecule has 1 N–H and O–H groups in total. The molecule has 0 bridgehead atoms. The number of ketones is 1. The second-order valence-corrected chi connectivity index (χ2v) is 7.01. The topological polar surface area (TPSA) is 62.3 Å². The molecule has 0 aliphatic carbocycles. The van der Waals surface area contributed by atoms with E-state index in [-0.39, 0.29) is 11.8 Å². The third kappa shape index (κ3) is 5.05. The third-order valence-corrected chi connectivity index (χ3v) is 4.34. The van der Waals surface area contributed by atoms with E-state index in [9.17, 15) is 9.59 Å². The van der Waals surface area contributed by atoms with Crippen molar-refractivity contribution in [3.05, 3.63) is 23.9 Å². The highest BCUT2D eigenvalue weighted by molar-refractivity contribution is 5.94. The molecule has 1 amide bonds. The molecule has 1 saturated heterocycles. The van der Waals surface area contributed by atoms with Gasteiger partial charge in [-0.15, -0.1) is 0 Å². The molecule has 1 aliphatic rings. The summed E-state index contributed by atoms with van der Waals surface area (Å²) in [6.07, 6.45) is 5.05. The van der Waals surface area contributed by atoms with Crippen LogP contribution in [-0.2, 0) is 4.79 Å². The van der Waals surface area contributed by atoms with E-state index in [1.54, 1.807) is 6.20 Å². The lowest BCUT2D eigenvalue weighted by molar-refractivity contribution is -0.124. The summed E-state index contributed by atoms with van der Waals surface area (Å²) in [6, 6.07) is 3.65. The van der Waals surface area contributed by atoms with E-state index < -0.39 is 0 Å². The van der Waals surface area contributed by atoms with Gasteiger partial charge in [0.25, 0.3) is 5.91 Å². The maximum Gasteiger partial charge on any atom is 0.255 e. The van der Waals surface area contributed by atoms with Crippen LogP contribution in [0.3, 0.4) is 0 Å². The number of piperidine rings is 1. The number of anilines is 1. The van der Waals surface area contributed by atoms with Crippen molar-refractivity contribution in [3.63, 3.8) is 0 Å². The Morgan fingerprint density at radius 3 is 2.79 bits per heavy atom. The summed E-state index contributed by atoms with van der Waals surface area (Å²) >= 11 is 0. The summed E-state index contributed by atoms with van der Waals surface area (Å²) in [5, 5.41) is 3.20. The maximum absolute atomic E-state index is 12.7. The fourth-order valence-corrected chi connectivity index (χ4v) is 3.05. The first kappa shape index (κ1) is 18.4. The molecule has 2 heterocycles. The third-order valence-electron chi connectivity index (χ3n) is 4.34. The number of rotatable bonds is 7. The Morgan fingerprint density at radius 2 is 2.17 bits per heavy atom. The van der Waals surface area contributed by atoms with E-state index in [2.05, 4.69) is 31.1 Å². The molecule has 0 spiro atoms. The number of carbonyl (C=O) groups excluding carboxylic acids is 2. The molecule has 1 fully saturated rings. The number of carbonyl (C=O) groups is 2. The number of nitrogens with one attached hydrogen (secondary N) is 1. The number of hydrogen-bond acceptors (Lipinski definition) is 4. The molecule has 0 unspecified atom stereocenters. The van der Waals surface area contributed by atoms with Gasteiger partial charge in [0.2, 0.25) is 0 Å². The Labute approximate surface area is 144 Å². The number of amides is 1. The van der Waals surface area contributed by atoms with Crippen LogP contribution >= 0.6 is 0 Å². The molecule has 132 valence electrons. The maximum atomic E-state index is 12.7. The van der Waals surface area contributed by atoms with Gasteiger partial charge in [-0.3, -0.25) is 9.59 Å². The van der Waals surface area contributed by atoms with Crippen LogP contribution < -0.4 is 5.32 Å². The Morgan fingerprint density at radius 1 is 1.38 bits per heavy atom. The summed E-state index contributed by atoms with van der Waals surface area (Å²) < 4.78 is 0. The average molecular weight is 331 g/mol. The lowest BCUT2D eigenvalue weighted by Gasteiger charge is -2.32. The van der Waals surface area contributed by atoms with Crippen molar-refractivity contribution in [1.82, 2.24) is 9.88 Å². The number of aromatic nitrogens is 1. The Balaban J connectivity index is 1.97. The van der Waals surface area contributed by atoms with E-state index in [0.717, 1.165) is 38.2 Å². The van der Waals surface area contributed by atoms with Crippen molar-refractivity contribution in [1.29, 1.82) is 0 Å². The van der Waals surface area contributed by atoms with Gasteiger partial charge in [-0.1, -0.05) is 20.8 Å². The highest BCUT2D eigenvalue weighted by Crippen LogP contribution is 2.22. The summed E-state index contributed by atoms with van der Waals surface area (Å²) in [4.78, 5) is 31.1. The minimum atomic E-state index is -0.0217. The van der Waals surface area contributed by atoms with E-state index in [1.165, 1.54) is 0 Å². The van der Waals surface area contributed by atoms with Crippen molar-refractivity contribution in [2.24, 2.45) is 11.8 Å². The zero-order valence-electron chi connectivity index (χ0n) is 15.0. The van der Waals surface area contributed by atoms with Crippen LogP contribution in [0.4, 0.5) is 5.82 Å². The molecule has 1 atom stereocenters. The standard InChI is InChI=1S/C19H29N3O2/c1-4-9-20-18-8-7-15(12-21-18)19(24)22-10-5-6-16(13-22)17(23)11-14(2)3/h7-8,12,14,16H,4-6,9-11,13H2,1-3H3,(H,20,21)/t16-/m1/s1. The SMILES string of the molecule is CCCNc1ccc(C(=O)N2CCC[C@@H](C(=O)CC(C)C)C2)cn1. The molecule has 5 heteroatoms. The van der Waals surface area contributed by atoms with Crippen molar-refractivity contribution >= 4 is 17.5 Å². The number of nitrogens with zero attached hydrogens (tertiary/aromatic N) is 2. The van der Waals surface area contributed by atoms with Crippen molar-refractivity contribution in [3.8, 4) is 0 Å². The van der Waals surface area contributed by atoms with Crippen molar-refractivity contribution in [2.75, 3.05) is 25.0 Å². The summed E-state index contributed by atoms with van der Waals surface area (Å²) in [5.41, 5.74) is 0.592. The van der Waals surface area contributed by atoms with Gasteiger partial charge in [0.1, 0.15) is 11.6 Å². The molecule has 0 aromatic carbocycles. The molecule has 1 aliphatic heterocycles. The molecule has 0 radical (unpaired) electrons. The van der Waals surface area contributed by atoms with Crippen LogP contribution in [0.5, 0.6) is 0 Å². The van der Waals surface area contributed by atoms with E-state index in [0.29, 0.717) is 30.2 Å². The van der Waals surface area contributed by atoms with E-state index >= 15 is 0 Å². The summed E-state index contributed by atoms with van der Waals surface area (Å²) in [7, 11) is 0. The predicted octanol–water partition coefficient (Wildman–Crippen LogP) is 3.37. The molecular weight excluding hydrogens is 302 g/mol. The fourth-order valence-electron chi connectivity index (χ4n) is 3.05. The molecule has 0 saturated carbocycles. The van der Waals surface area contributed by atoms with Crippen LogP contribution in [0, 0.1) is 11.8 Å². The van der Waals surface area contributed by atoms with Crippen molar-refractivity contribution < 1.29 is 9.59 Å². The summed E-state index contributed by atoms with van der Waals surface area (Å²) in [6.45, 7) is 8.34. The predicted molar refractivity (Wildman–Crippen MR) is 96.1 cm³/mol. The highest BCUT2D eigenvalue weighted by atomic mass is 16.2. The summed E-state index contributed by atoms with van der Waals surface area (Å²) in [5.74, 6) is 1.42. The zero-order valence-corrected chi connectivity index (χ0v) is 15.0. The Kier molecular flexibility index (Phi) is 6.76. The smallest absolute Gasteiger partial charge is 0.255 e. The van der Waals surface area contributed by atoms with E-state index in [4.69, 9.17) is 0 Å². The van der Waals surface area contributed by atoms with Crippen LogP contribution in [0.25, 0.3) is 0 Å². The van der Waals surface area contributed by atoms with Crippen molar-refractivity contribution in [2.45, 2.75) is 46.5 Å². The van der Waals surface area contributed by atoms with Crippen LogP contribution in [-0.4, -0.2) is 41.2 Å². The average Bonchev–Trinajstić information content (AvgIpc) is 2.59. The largest absolute Gasteiger partial charge is 0.370 e. The zero-order chi connectivity index (χ0) is 17.5. The normalized spacial score (nSPS) is 17.8. The number of Topliss-reactive ketones (excluding diaryl/α,β-unsaturated/α-hetero) is 1. The monoisotopic (exact) mass is 331 g/mol. The lowest BCUT2D eigenvalue weighted by atomic mass is 9.89. The molecular formula is C19H29N3O2. The first-order valence-corrected chi connectivity index (χ1v) is 9.03. The van der Waals surface area contributed by atoms with Gasteiger partial charge in [0.15, 0.2) is 0 Å². The quantitative estimate of drug-likeness (QED) is 0.832. The first-order chi connectivity index (χ1) is 11.5. The van der Waals surface area contributed by atoms with Crippen LogP contribution in [0.15, 0.2) is 18.3 Å². The van der Waals surface area contributed by atoms with Gasteiger partial charge in [-0.05, 0) is 37.3 Å². The fraction of sp³-hybridized carbons (Fsp3) is 0.632. The second kappa shape index (κ2) is 8.81. The number of hydrogen-bond donors (Lipinski definition) is 1. The number of likely N-dealkylation sites (tertiary alicyclic amines) is 1. The van der Waals surface area contributed by atoms with Gasteiger partial charge < -0.3 is 10.2 Å². The number of pyridine rings is 1. The minimum Gasteiger partial charge on any atom is -0.370 e. The van der Waals surface area contributed by atoms with Gasteiger partial charge in [-0.25, -0.2) is 4.98 Å². The van der Waals surface area contributed by atoms with Gasteiger partial charge in [-0.2, -0.15) is 0 Å². The lowest BCUT2D eigenvalue weighted by Crippen LogP contribution is -2.42. The second-order valence-electron chi connectivity index (χ2n) is 7.01. The Bertz CT molecular complexity index is 554. The Hall–Kier alpha value is -1.91. The first-order valence-electron chi connectivity index (χ1n) is 9.03.